The number of imidazole rings is 1. The summed E-state index contributed by atoms with van der Waals surface area (Å²) in [5, 5.41) is 12.7. The number of amides is 1. The van der Waals surface area contributed by atoms with Crippen LogP contribution in [0.2, 0.25) is 5.02 Å². The summed E-state index contributed by atoms with van der Waals surface area (Å²) in [5.74, 6) is -0.454. The molecule has 2 aromatic heterocycles. The minimum atomic E-state index is -0.627. The van der Waals surface area contributed by atoms with E-state index in [0.717, 1.165) is 0 Å². The van der Waals surface area contributed by atoms with Crippen molar-refractivity contribution in [1.82, 2.24) is 19.3 Å². The third-order valence-corrected chi connectivity index (χ3v) is 4.71. The van der Waals surface area contributed by atoms with Crippen molar-refractivity contribution in [2.24, 2.45) is 0 Å². The lowest BCUT2D eigenvalue weighted by Crippen LogP contribution is -2.31. The molecule has 8 heteroatoms. The first kappa shape index (κ1) is 19.9. The summed E-state index contributed by atoms with van der Waals surface area (Å²) in [5.41, 5.74) is 1.15. The van der Waals surface area contributed by atoms with Gasteiger partial charge in [-0.05, 0) is 12.5 Å². The number of hydrogen-bond donors (Lipinski definition) is 2. The van der Waals surface area contributed by atoms with Crippen LogP contribution in [0.4, 0.5) is 0 Å². The Morgan fingerprint density at radius 1 is 1.39 bits per heavy atom. The SMILES string of the molecule is C=CCn1c(-c2ccccc2Cl)cn2cc(C(=O)NC[C@H](O)CC)nc2c1=O. The topological polar surface area (TPSA) is 88.6 Å². The number of benzene rings is 1. The Morgan fingerprint density at radius 2 is 2.14 bits per heavy atom. The van der Waals surface area contributed by atoms with Crippen LogP contribution in [0, 0.1) is 0 Å². The monoisotopic (exact) mass is 400 g/mol. The number of aromatic nitrogens is 3. The molecule has 0 saturated carbocycles. The van der Waals surface area contributed by atoms with Crippen LogP contribution < -0.4 is 10.9 Å². The number of carbonyl (C=O) groups excluding carboxylic acids is 1. The number of aliphatic hydroxyl groups excluding tert-OH is 1. The lowest BCUT2D eigenvalue weighted by Gasteiger charge is -2.13. The van der Waals surface area contributed by atoms with Crippen molar-refractivity contribution >= 4 is 23.2 Å². The van der Waals surface area contributed by atoms with Crippen molar-refractivity contribution in [1.29, 1.82) is 0 Å². The highest BCUT2D eigenvalue weighted by molar-refractivity contribution is 6.33. The second-order valence-corrected chi connectivity index (χ2v) is 6.73. The highest BCUT2D eigenvalue weighted by Crippen LogP contribution is 2.27. The first-order valence-electron chi connectivity index (χ1n) is 8.90. The van der Waals surface area contributed by atoms with Gasteiger partial charge in [0.15, 0.2) is 0 Å². The summed E-state index contributed by atoms with van der Waals surface area (Å²) >= 11 is 6.32. The van der Waals surface area contributed by atoms with Gasteiger partial charge in [0.1, 0.15) is 5.69 Å². The molecule has 0 unspecified atom stereocenters. The van der Waals surface area contributed by atoms with Crippen molar-refractivity contribution in [3.63, 3.8) is 0 Å². The highest BCUT2D eigenvalue weighted by Gasteiger charge is 2.18. The van der Waals surface area contributed by atoms with Gasteiger partial charge in [-0.15, -0.1) is 6.58 Å². The molecule has 28 heavy (non-hydrogen) atoms. The van der Waals surface area contributed by atoms with Crippen molar-refractivity contribution in [3.05, 3.63) is 70.4 Å². The Balaban J connectivity index is 2.10. The van der Waals surface area contributed by atoms with E-state index < -0.39 is 12.0 Å². The average molecular weight is 401 g/mol. The summed E-state index contributed by atoms with van der Waals surface area (Å²) in [4.78, 5) is 29.5. The molecule has 0 aliphatic rings. The first-order chi connectivity index (χ1) is 13.5. The Hall–Kier alpha value is -2.90. The van der Waals surface area contributed by atoms with Gasteiger partial charge in [-0.25, -0.2) is 4.98 Å². The second-order valence-electron chi connectivity index (χ2n) is 6.33. The van der Waals surface area contributed by atoms with Crippen LogP contribution in [0.5, 0.6) is 0 Å². The Kier molecular flexibility index (Phi) is 5.96. The first-order valence-corrected chi connectivity index (χ1v) is 9.28. The van der Waals surface area contributed by atoms with Gasteiger partial charge < -0.3 is 10.4 Å². The summed E-state index contributed by atoms with van der Waals surface area (Å²) in [6.45, 7) is 5.92. The molecule has 2 N–H and O–H groups in total. The smallest absolute Gasteiger partial charge is 0.295 e. The lowest BCUT2D eigenvalue weighted by atomic mass is 10.1. The number of hydrogen-bond acceptors (Lipinski definition) is 4. The average Bonchev–Trinajstić information content (AvgIpc) is 3.13. The predicted octanol–water partition coefficient (Wildman–Crippen LogP) is 2.50. The zero-order valence-corrected chi connectivity index (χ0v) is 16.2. The fourth-order valence-electron chi connectivity index (χ4n) is 2.83. The fourth-order valence-corrected chi connectivity index (χ4v) is 3.06. The van der Waals surface area contributed by atoms with Gasteiger partial charge >= 0.3 is 0 Å². The Labute approximate surface area is 166 Å². The quantitative estimate of drug-likeness (QED) is 0.596. The predicted molar refractivity (Wildman–Crippen MR) is 109 cm³/mol. The molecule has 0 bridgehead atoms. The molecular weight excluding hydrogens is 380 g/mol. The van der Waals surface area contributed by atoms with E-state index in [-0.39, 0.29) is 30.0 Å². The van der Waals surface area contributed by atoms with Gasteiger partial charge in [0.05, 0.1) is 11.8 Å². The van der Waals surface area contributed by atoms with E-state index >= 15 is 0 Å². The maximum absolute atomic E-state index is 13.0. The van der Waals surface area contributed by atoms with E-state index in [9.17, 15) is 14.7 Å². The van der Waals surface area contributed by atoms with Crippen LogP contribution >= 0.6 is 11.6 Å². The molecule has 1 atom stereocenters. The molecule has 1 amide bonds. The van der Waals surface area contributed by atoms with Crippen LogP contribution in [-0.2, 0) is 6.54 Å². The number of nitrogens with one attached hydrogen (secondary N) is 1. The maximum atomic E-state index is 13.0. The normalized spacial score (nSPS) is 12.1. The van der Waals surface area contributed by atoms with Crippen molar-refractivity contribution < 1.29 is 9.90 Å². The van der Waals surface area contributed by atoms with Crippen molar-refractivity contribution in [3.8, 4) is 11.3 Å². The van der Waals surface area contributed by atoms with Crippen LogP contribution in [0.15, 0.2) is 54.1 Å². The molecule has 1 aromatic carbocycles. The van der Waals surface area contributed by atoms with Gasteiger partial charge in [-0.2, -0.15) is 0 Å². The highest BCUT2D eigenvalue weighted by atomic mass is 35.5. The van der Waals surface area contributed by atoms with E-state index in [1.807, 2.05) is 25.1 Å². The zero-order valence-electron chi connectivity index (χ0n) is 15.4. The number of halogens is 1. The summed E-state index contributed by atoms with van der Waals surface area (Å²) in [6, 6.07) is 7.21. The third kappa shape index (κ3) is 3.85. The number of rotatable bonds is 7. The number of fused-ring (bicyclic) bond motifs is 1. The molecule has 0 spiro atoms. The number of allylic oxidation sites excluding steroid dienone is 1. The van der Waals surface area contributed by atoms with E-state index in [1.165, 1.54) is 15.2 Å². The van der Waals surface area contributed by atoms with Gasteiger partial charge in [0.2, 0.25) is 5.65 Å². The van der Waals surface area contributed by atoms with Gasteiger partial charge in [-0.3, -0.25) is 18.6 Å². The summed E-state index contributed by atoms with van der Waals surface area (Å²) < 4.78 is 3.03. The minimum Gasteiger partial charge on any atom is -0.391 e. The van der Waals surface area contributed by atoms with Gasteiger partial charge in [-0.1, -0.05) is 42.8 Å². The Morgan fingerprint density at radius 3 is 2.82 bits per heavy atom. The van der Waals surface area contributed by atoms with Crippen LogP contribution in [-0.4, -0.2) is 37.6 Å². The van der Waals surface area contributed by atoms with Crippen molar-refractivity contribution in [2.75, 3.05) is 6.54 Å². The molecular formula is C20H21ClN4O3. The van der Waals surface area contributed by atoms with E-state index in [1.54, 1.807) is 18.3 Å². The molecule has 2 heterocycles. The molecule has 3 aromatic rings. The van der Waals surface area contributed by atoms with Gasteiger partial charge in [0.25, 0.3) is 11.5 Å². The molecule has 3 rings (SSSR count). The molecule has 0 aliphatic heterocycles. The zero-order chi connectivity index (χ0) is 20.3. The molecule has 7 nitrogen and oxygen atoms in total. The second kappa shape index (κ2) is 8.41. The molecule has 0 radical (unpaired) electrons. The third-order valence-electron chi connectivity index (χ3n) is 4.38. The number of aliphatic hydroxyl groups is 1. The molecule has 0 fully saturated rings. The van der Waals surface area contributed by atoms with E-state index in [0.29, 0.717) is 22.7 Å². The number of nitrogens with zero attached hydrogens (tertiary/aromatic N) is 3. The number of carbonyl (C=O) groups is 1. The van der Waals surface area contributed by atoms with Crippen molar-refractivity contribution in [2.45, 2.75) is 26.0 Å². The van der Waals surface area contributed by atoms with E-state index in [2.05, 4.69) is 16.9 Å². The Bertz CT molecular complexity index is 1090. The standard InChI is InChI=1S/C20H21ClN4O3/c1-3-9-25-17(14-7-5-6-8-15(14)21)12-24-11-16(23-18(24)20(25)28)19(27)22-10-13(26)4-2/h3,5-8,11-13,26H,1,4,9-10H2,2H3,(H,22,27)/t13-/m1/s1. The summed E-state index contributed by atoms with van der Waals surface area (Å²) in [7, 11) is 0. The summed E-state index contributed by atoms with van der Waals surface area (Å²) in [6.07, 6.45) is 4.72. The largest absolute Gasteiger partial charge is 0.391 e. The maximum Gasteiger partial charge on any atom is 0.295 e. The molecule has 146 valence electrons. The van der Waals surface area contributed by atoms with Crippen LogP contribution in [0.25, 0.3) is 16.9 Å². The fraction of sp³-hybridized carbons (Fsp3) is 0.250. The van der Waals surface area contributed by atoms with Crippen LogP contribution in [0.3, 0.4) is 0 Å². The van der Waals surface area contributed by atoms with E-state index in [4.69, 9.17) is 11.6 Å². The minimum absolute atomic E-state index is 0.0989. The van der Waals surface area contributed by atoms with Crippen LogP contribution in [0.1, 0.15) is 23.8 Å². The lowest BCUT2D eigenvalue weighted by molar-refractivity contribution is 0.0909. The van der Waals surface area contributed by atoms with Gasteiger partial charge in [0, 0.05) is 36.1 Å². The molecule has 0 saturated heterocycles. The molecule has 0 aliphatic carbocycles.